The fourth-order valence-electron chi connectivity index (χ4n) is 0. The molecule has 26 valence electrons. The zero-order chi connectivity index (χ0) is 4.28. The van der Waals surface area contributed by atoms with Gasteiger partial charge in [-0.3, -0.25) is 0 Å². The minimum absolute atomic E-state index is 0.621. The maximum absolute atomic E-state index is 3.65. The van der Waals surface area contributed by atoms with E-state index < -0.39 is 0 Å². The van der Waals surface area contributed by atoms with Crippen LogP contribution in [0.1, 0.15) is 0 Å². The third-order valence-electron chi connectivity index (χ3n) is 0.348. The number of hydrogen-bond acceptors (Lipinski definition) is 0. The molecule has 5 heavy (non-hydrogen) atoms. The van der Waals surface area contributed by atoms with E-state index in [0.29, 0.717) is 24.4 Å². The molecule has 0 bridgehead atoms. The van der Waals surface area contributed by atoms with Crippen LogP contribution in [-0.2, 0) is 0 Å². The van der Waals surface area contributed by atoms with E-state index in [-0.39, 0.29) is 0 Å². The third-order valence-corrected chi connectivity index (χ3v) is 1.51. The van der Waals surface area contributed by atoms with Gasteiger partial charge in [-0.2, -0.15) is 0 Å². The Morgan fingerprint density at radius 2 is 2.00 bits per heavy atom. The van der Waals surface area contributed by atoms with Crippen molar-refractivity contribution in [3.63, 3.8) is 0 Å². The van der Waals surface area contributed by atoms with Gasteiger partial charge in [0.25, 0.3) is 0 Å². The Morgan fingerprint density at radius 1 is 1.80 bits per heavy atom. The molecule has 0 unspecified atom stereocenters. The van der Waals surface area contributed by atoms with Crippen molar-refractivity contribution in [2.24, 2.45) is 0 Å². The summed E-state index contributed by atoms with van der Waals surface area (Å²) >= 11 is 0.621. The van der Waals surface area contributed by atoms with Crippen molar-refractivity contribution in [2.75, 3.05) is 0 Å². The standard InChI is InChI=1S/C4H5.In.2H/c1-3-4-2;;;/h3H,1-2H2;;;. The van der Waals surface area contributed by atoms with Gasteiger partial charge in [-0.25, -0.2) is 0 Å². The van der Waals surface area contributed by atoms with Crippen molar-refractivity contribution >= 4 is 24.4 Å². The zero-order valence-corrected chi connectivity index (χ0v) is 9.20. The van der Waals surface area contributed by atoms with Crippen LogP contribution in [-0.4, -0.2) is 24.4 Å². The Bertz CT molecular complexity index is 54.7. The predicted molar refractivity (Wildman–Crippen MR) is 27.9 cm³/mol. The van der Waals surface area contributed by atoms with Crippen LogP contribution in [0.4, 0.5) is 0 Å². The summed E-state index contributed by atoms with van der Waals surface area (Å²) < 4.78 is 1.23. The molecule has 1 heteroatoms. The van der Waals surface area contributed by atoms with Crippen LogP contribution in [0, 0.1) is 0 Å². The van der Waals surface area contributed by atoms with Gasteiger partial charge < -0.3 is 0 Å². The SMILES string of the molecule is C=C[C](=C)[InH2]. The van der Waals surface area contributed by atoms with Crippen LogP contribution in [0.15, 0.2) is 22.6 Å². The summed E-state index contributed by atoms with van der Waals surface area (Å²) in [4.78, 5) is 0. The molecule has 0 radical (unpaired) electrons. The molecule has 0 aliphatic rings. The van der Waals surface area contributed by atoms with Crippen molar-refractivity contribution in [1.29, 1.82) is 0 Å². The fraction of sp³-hybridized carbons (Fsp3) is 0. The normalized spacial score (nSPS) is 6.40. The van der Waals surface area contributed by atoms with Crippen LogP contribution in [0.3, 0.4) is 0 Å². The van der Waals surface area contributed by atoms with Gasteiger partial charge in [-0.15, -0.1) is 0 Å². The van der Waals surface area contributed by atoms with Gasteiger partial charge in [-0.05, 0) is 0 Å². The van der Waals surface area contributed by atoms with Gasteiger partial charge in [0, 0.05) is 0 Å². The molecule has 0 rings (SSSR count). The van der Waals surface area contributed by atoms with E-state index in [1.54, 1.807) is 0 Å². The summed E-state index contributed by atoms with van der Waals surface area (Å²) in [5, 5.41) is 0. The summed E-state index contributed by atoms with van der Waals surface area (Å²) in [5.41, 5.74) is 0. The van der Waals surface area contributed by atoms with E-state index >= 15 is 0 Å². The van der Waals surface area contributed by atoms with Crippen molar-refractivity contribution in [3.8, 4) is 0 Å². The van der Waals surface area contributed by atoms with E-state index in [2.05, 4.69) is 13.2 Å². The van der Waals surface area contributed by atoms with E-state index in [4.69, 9.17) is 0 Å². The summed E-state index contributed by atoms with van der Waals surface area (Å²) in [6.45, 7) is 7.16. The summed E-state index contributed by atoms with van der Waals surface area (Å²) in [5.74, 6) is 0. The molecular formula is C4H7In. The maximum atomic E-state index is 3.65. The fourth-order valence-corrected chi connectivity index (χ4v) is 0. The summed E-state index contributed by atoms with van der Waals surface area (Å²) in [6, 6.07) is 0. The molecular weight excluding hydrogens is 163 g/mol. The molecule has 0 amide bonds. The Labute approximate surface area is 47.1 Å². The number of hydrogen-bond donors (Lipinski definition) is 0. The predicted octanol–water partition coefficient (Wildman–Crippen LogP) is 0.319. The van der Waals surface area contributed by atoms with Gasteiger partial charge in [0.2, 0.25) is 0 Å². The quantitative estimate of drug-likeness (QED) is 0.497. The second kappa shape index (κ2) is 2.58. The van der Waals surface area contributed by atoms with Crippen molar-refractivity contribution in [2.45, 2.75) is 0 Å². The molecule has 0 heterocycles. The Balaban J connectivity index is 3.20. The first-order valence-electron chi connectivity index (χ1n) is 1.55. The van der Waals surface area contributed by atoms with Crippen molar-refractivity contribution < 1.29 is 0 Å². The average molecular weight is 170 g/mol. The van der Waals surface area contributed by atoms with Gasteiger partial charge in [0.05, 0.1) is 0 Å². The Kier molecular flexibility index (Phi) is 2.76. The molecule has 0 aromatic rings. The first-order valence-corrected chi connectivity index (χ1v) is 4.40. The van der Waals surface area contributed by atoms with E-state index in [1.807, 2.05) is 6.08 Å². The van der Waals surface area contributed by atoms with E-state index in [0.717, 1.165) is 0 Å². The molecule has 0 spiro atoms. The monoisotopic (exact) mass is 170 g/mol. The molecule has 0 fully saturated rings. The number of rotatable bonds is 1. The molecule has 0 aromatic carbocycles. The van der Waals surface area contributed by atoms with Crippen LogP contribution in [0.2, 0.25) is 0 Å². The van der Waals surface area contributed by atoms with E-state index in [1.165, 1.54) is 3.33 Å². The third kappa shape index (κ3) is 4.35. The molecule has 0 saturated heterocycles. The van der Waals surface area contributed by atoms with Crippen LogP contribution in [0.25, 0.3) is 0 Å². The molecule has 0 N–H and O–H groups in total. The second-order valence-corrected chi connectivity index (χ2v) is 4.72. The van der Waals surface area contributed by atoms with Gasteiger partial charge >= 0.3 is 46.9 Å². The van der Waals surface area contributed by atoms with Crippen molar-refractivity contribution in [3.05, 3.63) is 22.6 Å². The Hall–Kier alpha value is 0.350. The van der Waals surface area contributed by atoms with Crippen LogP contribution in [0.5, 0.6) is 0 Å². The second-order valence-electron chi connectivity index (χ2n) is 1.05. The minimum atomic E-state index is 0.621. The molecule has 0 atom stereocenters. The van der Waals surface area contributed by atoms with Gasteiger partial charge in [0.15, 0.2) is 0 Å². The first kappa shape index (κ1) is 5.35. The average Bonchev–Trinajstić information content (AvgIpc) is 1.38. The topological polar surface area (TPSA) is 0 Å². The van der Waals surface area contributed by atoms with Crippen LogP contribution >= 0.6 is 0 Å². The molecule has 0 nitrogen and oxygen atoms in total. The van der Waals surface area contributed by atoms with Crippen LogP contribution < -0.4 is 0 Å². The summed E-state index contributed by atoms with van der Waals surface area (Å²) in [7, 11) is 0. The van der Waals surface area contributed by atoms with E-state index in [9.17, 15) is 0 Å². The summed E-state index contributed by atoms with van der Waals surface area (Å²) in [6.07, 6.45) is 1.82. The molecule has 0 saturated carbocycles. The molecule has 0 aliphatic carbocycles. The zero-order valence-electron chi connectivity index (χ0n) is 3.49. The molecule has 0 aliphatic heterocycles. The first-order chi connectivity index (χ1) is 2.27. The van der Waals surface area contributed by atoms with Crippen molar-refractivity contribution in [1.82, 2.24) is 0 Å². The van der Waals surface area contributed by atoms with Gasteiger partial charge in [0.1, 0.15) is 0 Å². The number of allylic oxidation sites excluding steroid dienone is 2. The van der Waals surface area contributed by atoms with Gasteiger partial charge in [-0.1, -0.05) is 0 Å². The Morgan fingerprint density at radius 3 is 2.00 bits per heavy atom. The molecule has 0 aromatic heterocycles.